The molecule has 0 aliphatic heterocycles. The molecule has 1 aromatic carbocycles. The highest BCUT2D eigenvalue weighted by atomic mass is 16.3. The molecule has 4 heteroatoms. The van der Waals surface area contributed by atoms with Gasteiger partial charge in [-0.1, -0.05) is 30.3 Å². The third kappa shape index (κ3) is 4.76. The highest BCUT2D eigenvalue weighted by Gasteiger charge is 2.16. The Morgan fingerprint density at radius 3 is 2.57 bits per heavy atom. The first-order valence-electron chi connectivity index (χ1n) is 7.23. The van der Waals surface area contributed by atoms with E-state index in [-0.39, 0.29) is 11.9 Å². The Balaban J connectivity index is 1.87. The summed E-state index contributed by atoms with van der Waals surface area (Å²) in [4.78, 5) is 14.2. The van der Waals surface area contributed by atoms with Crippen molar-refractivity contribution >= 4 is 5.91 Å². The molecule has 0 spiro atoms. The molecule has 2 aromatic rings. The molecule has 4 nitrogen and oxygen atoms in total. The van der Waals surface area contributed by atoms with Crippen LogP contribution >= 0.6 is 0 Å². The molecule has 1 amide bonds. The number of nitrogens with zero attached hydrogens (tertiary/aromatic N) is 1. The van der Waals surface area contributed by atoms with Crippen molar-refractivity contribution in [2.45, 2.75) is 33.0 Å². The van der Waals surface area contributed by atoms with Gasteiger partial charge in [0.15, 0.2) is 0 Å². The van der Waals surface area contributed by atoms with Crippen LogP contribution in [0.25, 0.3) is 0 Å². The summed E-state index contributed by atoms with van der Waals surface area (Å²) in [6, 6.07) is 14.0. The summed E-state index contributed by atoms with van der Waals surface area (Å²) in [5.41, 5.74) is 1.14. The molecular formula is C17H22N2O2. The molecule has 0 radical (unpaired) electrons. The second kappa shape index (κ2) is 7.64. The van der Waals surface area contributed by atoms with Crippen molar-refractivity contribution < 1.29 is 9.21 Å². The summed E-state index contributed by atoms with van der Waals surface area (Å²) in [5, 5.41) is 3.12. The first-order valence-corrected chi connectivity index (χ1v) is 7.23. The zero-order valence-electron chi connectivity index (χ0n) is 12.6. The molecule has 2 rings (SSSR count). The van der Waals surface area contributed by atoms with E-state index in [0.717, 1.165) is 11.3 Å². The van der Waals surface area contributed by atoms with Gasteiger partial charge in [0, 0.05) is 12.6 Å². The number of amides is 1. The average molecular weight is 286 g/mol. The Bertz CT molecular complexity index is 535. The van der Waals surface area contributed by atoms with Gasteiger partial charge in [0.2, 0.25) is 5.91 Å². The smallest absolute Gasteiger partial charge is 0.237 e. The summed E-state index contributed by atoms with van der Waals surface area (Å²) in [5.74, 6) is 0.933. The van der Waals surface area contributed by atoms with Crippen molar-refractivity contribution in [1.29, 1.82) is 0 Å². The fourth-order valence-electron chi connectivity index (χ4n) is 2.15. The zero-order chi connectivity index (χ0) is 15.1. The predicted molar refractivity (Wildman–Crippen MR) is 82.5 cm³/mol. The van der Waals surface area contributed by atoms with Crippen LogP contribution in [-0.4, -0.2) is 23.4 Å². The molecule has 0 saturated heterocycles. The molecule has 1 heterocycles. The molecule has 112 valence electrons. The number of carbonyl (C=O) groups is 1. The first-order chi connectivity index (χ1) is 10.2. The lowest BCUT2D eigenvalue weighted by Crippen LogP contribution is -2.41. The van der Waals surface area contributed by atoms with E-state index < -0.39 is 0 Å². The molecule has 0 saturated carbocycles. The van der Waals surface area contributed by atoms with Crippen molar-refractivity contribution in [2.24, 2.45) is 0 Å². The van der Waals surface area contributed by atoms with Gasteiger partial charge in [0.25, 0.3) is 0 Å². The van der Waals surface area contributed by atoms with Crippen molar-refractivity contribution in [3.05, 3.63) is 60.1 Å². The minimum Gasteiger partial charge on any atom is -0.468 e. The molecular weight excluding hydrogens is 264 g/mol. The highest BCUT2D eigenvalue weighted by Crippen LogP contribution is 2.08. The molecule has 1 aromatic heterocycles. The monoisotopic (exact) mass is 286 g/mol. The van der Waals surface area contributed by atoms with Crippen LogP contribution < -0.4 is 5.32 Å². The van der Waals surface area contributed by atoms with Gasteiger partial charge in [-0.05, 0) is 31.5 Å². The van der Waals surface area contributed by atoms with Crippen LogP contribution in [0.15, 0.2) is 53.1 Å². The first kappa shape index (κ1) is 15.3. The van der Waals surface area contributed by atoms with E-state index in [0.29, 0.717) is 19.6 Å². The van der Waals surface area contributed by atoms with Gasteiger partial charge in [-0.15, -0.1) is 0 Å². The molecule has 0 fully saturated rings. The molecule has 0 bridgehead atoms. The molecule has 0 atom stereocenters. The molecule has 21 heavy (non-hydrogen) atoms. The van der Waals surface area contributed by atoms with E-state index in [1.165, 1.54) is 0 Å². The quantitative estimate of drug-likeness (QED) is 0.851. The maximum atomic E-state index is 12.4. The lowest BCUT2D eigenvalue weighted by Gasteiger charge is -2.27. The number of hydrogen-bond donors (Lipinski definition) is 1. The third-order valence-electron chi connectivity index (χ3n) is 3.29. The summed E-state index contributed by atoms with van der Waals surface area (Å²) in [7, 11) is 0. The second-order valence-corrected chi connectivity index (χ2v) is 5.28. The SMILES string of the molecule is CC(C)N(Cc1ccccc1)C(=O)CNCc1ccco1. The summed E-state index contributed by atoms with van der Waals surface area (Å²) >= 11 is 0. The minimum absolute atomic E-state index is 0.0976. The maximum Gasteiger partial charge on any atom is 0.237 e. The number of benzene rings is 1. The van der Waals surface area contributed by atoms with E-state index in [1.54, 1.807) is 6.26 Å². The molecule has 1 N–H and O–H groups in total. The van der Waals surface area contributed by atoms with Crippen LogP contribution in [0.4, 0.5) is 0 Å². The van der Waals surface area contributed by atoms with Crippen molar-refractivity contribution in [3.63, 3.8) is 0 Å². The van der Waals surface area contributed by atoms with Gasteiger partial charge in [-0.2, -0.15) is 0 Å². The fourth-order valence-corrected chi connectivity index (χ4v) is 2.15. The number of hydrogen-bond acceptors (Lipinski definition) is 3. The third-order valence-corrected chi connectivity index (χ3v) is 3.29. The largest absolute Gasteiger partial charge is 0.468 e. The van der Waals surface area contributed by atoms with Gasteiger partial charge in [-0.3, -0.25) is 4.79 Å². The van der Waals surface area contributed by atoms with Crippen LogP contribution in [0.5, 0.6) is 0 Å². The normalized spacial score (nSPS) is 10.8. The predicted octanol–water partition coefficient (Wildman–Crippen LogP) is 2.81. The van der Waals surface area contributed by atoms with E-state index in [1.807, 2.05) is 61.2 Å². The number of nitrogens with one attached hydrogen (secondary N) is 1. The fraction of sp³-hybridized carbons (Fsp3) is 0.353. The maximum absolute atomic E-state index is 12.4. The van der Waals surface area contributed by atoms with Crippen LogP contribution in [0.3, 0.4) is 0 Å². The summed E-state index contributed by atoms with van der Waals surface area (Å²) in [6.45, 7) is 5.59. The Hall–Kier alpha value is -2.07. The van der Waals surface area contributed by atoms with Gasteiger partial charge in [0.1, 0.15) is 5.76 Å². The van der Waals surface area contributed by atoms with E-state index in [9.17, 15) is 4.79 Å². The summed E-state index contributed by atoms with van der Waals surface area (Å²) < 4.78 is 5.23. The highest BCUT2D eigenvalue weighted by molar-refractivity contribution is 5.78. The van der Waals surface area contributed by atoms with Crippen LogP contribution in [-0.2, 0) is 17.9 Å². The topological polar surface area (TPSA) is 45.5 Å². The van der Waals surface area contributed by atoms with E-state index in [2.05, 4.69) is 5.32 Å². The Kier molecular flexibility index (Phi) is 5.58. The van der Waals surface area contributed by atoms with Crippen LogP contribution in [0.2, 0.25) is 0 Å². The van der Waals surface area contributed by atoms with Crippen LogP contribution in [0.1, 0.15) is 25.2 Å². The molecule has 0 aliphatic rings. The number of carbonyl (C=O) groups excluding carboxylic acids is 1. The summed E-state index contributed by atoms with van der Waals surface area (Å²) in [6.07, 6.45) is 1.63. The van der Waals surface area contributed by atoms with Crippen molar-refractivity contribution in [1.82, 2.24) is 10.2 Å². The number of furan rings is 1. The van der Waals surface area contributed by atoms with Gasteiger partial charge < -0.3 is 14.6 Å². The standard InChI is InChI=1S/C17H22N2O2/c1-14(2)19(13-15-7-4-3-5-8-15)17(20)12-18-11-16-9-6-10-21-16/h3-10,14,18H,11-13H2,1-2H3. The molecule has 0 unspecified atom stereocenters. The Labute approximate surface area is 125 Å². The van der Waals surface area contributed by atoms with E-state index in [4.69, 9.17) is 4.42 Å². The Morgan fingerprint density at radius 1 is 1.19 bits per heavy atom. The zero-order valence-corrected chi connectivity index (χ0v) is 12.6. The van der Waals surface area contributed by atoms with Gasteiger partial charge in [-0.25, -0.2) is 0 Å². The number of rotatable bonds is 7. The van der Waals surface area contributed by atoms with Gasteiger partial charge in [0.05, 0.1) is 19.4 Å². The lowest BCUT2D eigenvalue weighted by molar-refractivity contribution is -0.132. The Morgan fingerprint density at radius 2 is 1.95 bits per heavy atom. The van der Waals surface area contributed by atoms with Crippen molar-refractivity contribution in [2.75, 3.05) is 6.54 Å². The van der Waals surface area contributed by atoms with Crippen molar-refractivity contribution in [3.8, 4) is 0 Å². The van der Waals surface area contributed by atoms with Crippen LogP contribution in [0, 0.1) is 0 Å². The van der Waals surface area contributed by atoms with Gasteiger partial charge >= 0.3 is 0 Å². The average Bonchev–Trinajstić information content (AvgIpc) is 2.98. The lowest BCUT2D eigenvalue weighted by atomic mass is 10.2. The second-order valence-electron chi connectivity index (χ2n) is 5.28. The van der Waals surface area contributed by atoms with E-state index >= 15 is 0 Å². The minimum atomic E-state index is 0.0976. The molecule has 0 aliphatic carbocycles.